The summed E-state index contributed by atoms with van der Waals surface area (Å²) in [7, 11) is 0. The van der Waals surface area contributed by atoms with Gasteiger partial charge in [-0.3, -0.25) is 4.57 Å². The van der Waals surface area contributed by atoms with E-state index in [4.69, 9.17) is 12.2 Å². The Morgan fingerprint density at radius 2 is 1.43 bits per heavy atom. The van der Waals surface area contributed by atoms with Gasteiger partial charge in [-0.05, 0) is 71.5 Å². The number of fused-ring (bicyclic) bond motifs is 1. The summed E-state index contributed by atoms with van der Waals surface area (Å²) in [5.74, 6) is 0. The molecule has 1 heterocycles. The van der Waals surface area contributed by atoms with Gasteiger partial charge in [-0.15, -0.1) is 11.3 Å². The molecular formula is C27H33NS2. The average Bonchev–Trinajstić information content (AvgIpc) is 3.02. The maximum atomic E-state index is 5.86. The summed E-state index contributed by atoms with van der Waals surface area (Å²) < 4.78 is 3.35. The second-order valence-electron chi connectivity index (χ2n) is 10.6. The molecule has 0 unspecified atom stereocenters. The van der Waals surface area contributed by atoms with E-state index in [2.05, 4.69) is 88.6 Å². The highest BCUT2D eigenvalue weighted by Crippen LogP contribution is 2.38. The van der Waals surface area contributed by atoms with E-state index in [0.29, 0.717) is 0 Å². The smallest absolute Gasteiger partial charge is 0.166 e. The Morgan fingerprint density at radius 1 is 0.833 bits per heavy atom. The molecule has 0 saturated carbocycles. The lowest BCUT2D eigenvalue weighted by atomic mass is 9.79. The van der Waals surface area contributed by atoms with E-state index in [1.807, 2.05) is 11.3 Å². The molecule has 3 heteroatoms. The van der Waals surface area contributed by atoms with Crippen molar-refractivity contribution in [3.63, 3.8) is 0 Å². The Kier molecular flexibility index (Phi) is 5.57. The maximum Gasteiger partial charge on any atom is 0.166 e. The molecule has 30 heavy (non-hydrogen) atoms. The highest BCUT2D eigenvalue weighted by atomic mass is 32.1. The molecule has 0 aliphatic heterocycles. The summed E-state index contributed by atoms with van der Waals surface area (Å²) >= 11 is 7.67. The molecule has 0 atom stereocenters. The number of nitrogens with zero attached hydrogens (tertiary/aromatic N) is 1. The minimum Gasteiger partial charge on any atom is -0.295 e. The van der Waals surface area contributed by atoms with Gasteiger partial charge in [-0.1, -0.05) is 77.9 Å². The predicted molar refractivity (Wildman–Crippen MR) is 134 cm³/mol. The van der Waals surface area contributed by atoms with Gasteiger partial charge >= 0.3 is 0 Å². The fourth-order valence-electron chi connectivity index (χ4n) is 4.27. The normalized spacial score (nSPS) is 14.6. The van der Waals surface area contributed by atoms with Gasteiger partial charge in [-0.2, -0.15) is 0 Å². The van der Waals surface area contributed by atoms with Crippen LogP contribution in [0.25, 0.3) is 16.8 Å². The molecule has 158 valence electrons. The second kappa shape index (κ2) is 7.76. The molecule has 1 aliphatic rings. The van der Waals surface area contributed by atoms with Crippen LogP contribution in [0.4, 0.5) is 0 Å². The van der Waals surface area contributed by atoms with Crippen molar-refractivity contribution in [3.05, 3.63) is 68.1 Å². The van der Waals surface area contributed by atoms with E-state index in [9.17, 15) is 0 Å². The van der Waals surface area contributed by atoms with Gasteiger partial charge in [0, 0.05) is 16.1 Å². The fourth-order valence-corrected chi connectivity index (χ4v) is 5.85. The van der Waals surface area contributed by atoms with Crippen molar-refractivity contribution in [1.82, 2.24) is 4.57 Å². The Bertz CT molecular complexity index is 1100. The van der Waals surface area contributed by atoms with E-state index in [-0.39, 0.29) is 10.8 Å². The van der Waals surface area contributed by atoms with E-state index in [1.54, 1.807) is 0 Å². The standard InChI is InChI=1S/C27H33NS2/c1-26(2,3)19-15-18(16-20(17-19)27(4,5)6)21-11-7-8-12-22(21)28-23-13-9-10-14-24(23)30-25(28)29/h7-8,11-12,15-17H,9-10,13-14H2,1-6H3. The SMILES string of the molecule is CC(C)(C)c1cc(-c2ccccc2-n2c3c(sc2=S)CCCC3)cc(C(C)(C)C)c1. The van der Waals surface area contributed by atoms with Gasteiger partial charge in [0.2, 0.25) is 0 Å². The Balaban J connectivity index is 1.97. The van der Waals surface area contributed by atoms with Gasteiger partial charge in [0.05, 0.1) is 5.69 Å². The summed E-state index contributed by atoms with van der Waals surface area (Å²) in [6.45, 7) is 13.8. The van der Waals surface area contributed by atoms with Crippen LogP contribution in [0.15, 0.2) is 42.5 Å². The lowest BCUT2D eigenvalue weighted by molar-refractivity contribution is 0.569. The number of aryl methyl sites for hydroxylation is 1. The number of hydrogen-bond acceptors (Lipinski definition) is 2. The first-order chi connectivity index (χ1) is 14.1. The summed E-state index contributed by atoms with van der Waals surface area (Å²) in [4.78, 5) is 1.49. The summed E-state index contributed by atoms with van der Waals surface area (Å²) in [5, 5.41) is 0. The highest BCUT2D eigenvalue weighted by molar-refractivity contribution is 7.73. The van der Waals surface area contributed by atoms with Gasteiger partial charge < -0.3 is 0 Å². The summed E-state index contributed by atoms with van der Waals surface area (Å²) in [6.07, 6.45) is 4.85. The largest absolute Gasteiger partial charge is 0.295 e. The monoisotopic (exact) mass is 435 g/mol. The number of hydrogen-bond donors (Lipinski definition) is 0. The molecule has 0 fully saturated rings. The number of rotatable bonds is 2. The molecule has 4 rings (SSSR count). The molecule has 1 nitrogen and oxygen atoms in total. The van der Waals surface area contributed by atoms with Gasteiger partial charge in [-0.25, -0.2) is 0 Å². The van der Waals surface area contributed by atoms with E-state index < -0.39 is 0 Å². The molecule has 0 amide bonds. The zero-order chi connectivity index (χ0) is 21.7. The lowest BCUT2D eigenvalue weighted by Gasteiger charge is -2.27. The van der Waals surface area contributed by atoms with Gasteiger partial charge in [0.15, 0.2) is 3.95 Å². The minimum atomic E-state index is 0.100. The highest BCUT2D eigenvalue weighted by Gasteiger charge is 2.23. The van der Waals surface area contributed by atoms with Crippen LogP contribution in [0.1, 0.15) is 76.1 Å². The van der Waals surface area contributed by atoms with Crippen molar-refractivity contribution < 1.29 is 0 Å². The van der Waals surface area contributed by atoms with Crippen molar-refractivity contribution in [1.29, 1.82) is 0 Å². The first kappa shape index (κ1) is 21.5. The van der Waals surface area contributed by atoms with Crippen molar-refractivity contribution in [2.75, 3.05) is 0 Å². The van der Waals surface area contributed by atoms with Crippen LogP contribution >= 0.6 is 23.6 Å². The van der Waals surface area contributed by atoms with Crippen molar-refractivity contribution >= 4 is 23.6 Å². The first-order valence-electron chi connectivity index (χ1n) is 11.0. The van der Waals surface area contributed by atoms with Gasteiger partial charge in [0.1, 0.15) is 0 Å². The third kappa shape index (κ3) is 4.07. The van der Waals surface area contributed by atoms with Crippen LogP contribution < -0.4 is 0 Å². The molecule has 0 N–H and O–H groups in total. The van der Waals surface area contributed by atoms with Crippen LogP contribution in [0, 0.1) is 3.95 Å². The number of benzene rings is 2. The fraction of sp³-hybridized carbons (Fsp3) is 0.444. The van der Waals surface area contributed by atoms with Crippen LogP contribution in [0.3, 0.4) is 0 Å². The third-order valence-electron chi connectivity index (χ3n) is 6.17. The van der Waals surface area contributed by atoms with Crippen molar-refractivity contribution in [2.45, 2.75) is 78.1 Å². The molecule has 0 saturated heterocycles. The Morgan fingerprint density at radius 3 is 2.07 bits per heavy atom. The van der Waals surface area contributed by atoms with Gasteiger partial charge in [0.25, 0.3) is 0 Å². The average molecular weight is 436 g/mol. The molecule has 2 aromatic carbocycles. The van der Waals surface area contributed by atoms with E-state index >= 15 is 0 Å². The quantitative estimate of drug-likeness (QED) is 0.366. The van der Waals surface area contributed by atoms with Crippen LogP contribution in [-0.4, -0.2) is 4.57 Å². The molecular weight excluding hydrogens is 402 g/mol. The molecule has 0 radical (unpaired) electrons. The van der Waals surface area contributed by atoms with Crippen LogP contribution in [0.5, 0.6) is 0 Å². The van der Waals surface area contributed by atoms with Crippen LogP contribution in [0.2, 0.25) is 0 Å². The number of para-hydroxylation sites is 1. The lowest BCUT2D eigenvalue weighted by Crippen LogP contribution is -2.16. The molecule has 0 spiro atoms. The van der Waals surface area contributed by atoms with E-state index in [1.165, 1.54) is 57.8 Å². The summed E-state index contributed by atoms with van der Waals surface area (Å²) in [5.41, 5.74) is 8.20. The van der Waals surface area contributed by atoms with E-state index in [0.717, 1.165) is 10.4 Å². The predicted octanol–water partition coefficient (Wildman–Crippen LogP) is 8.41. The second-order valence-corrected chi connectivity index (χ2v) is 12.3. The summed E-state index contributed by atoms with van der Waals surface area (Å²) in [6, 6.07) is 16.0. The minimum absolute atomic E-state index is 0.100. The van der Waals surface area contributed by atoms with Crippen molar-refractivity contribution in [3.8, 4) is 16.8 Å². The van der Waals surface area contributed by atoms with Crippen molar-refractivity contribution in [2.24, 2.45) is 0 Å². The molecule has 0 bridgehead atoms. The topological polar surface area (TPSA) is 4.93 Å². The number of aromatic nitrogens is 1. The molecule has 1 aliphatic carbocycles. The number of thiazole rings is 1. The first-order valence-corrected chi connectivity index (χ1v) is 12.3. The maximum absolute atomic E-state index is 5.86. The Hall–Kier alpha value is -1.71. The Labute approximate surface area is 190 Å². The molecule has 3 aromatic rings. The third-order valence-corrected chi connectivity index (χ3v) is 7.65. The zero-order valence-electron chi connectivity index (χ0n) is 19.1. The molecule has 1 aromatic heterocycles. The zero-order valence-corrected chi connectivity index (χ0v) is 20.8. The van der Waals surface area contributed by atoms with Crippen LogP contribution in [-0.2, 0) is 23.7 Å².